The summed E-state index contributed by atoms with van der Waals surface area (Å²) < 4.78 is 1.96. The van der Waals surface area contributed by atoms with Gasteiger partial charge >= 0.3 is 0 Å². The second kappa shape index (κ2) is 4.53. The molecule has 0 fully saturated rings. The van der Waals surface area contributed by atoms with E-state index in [1.807, 2.05) is 35.9 Å². The van der Waals surface area contributed by atoms with E-state index >= 15 is 0 Å². The first-order valence-electron chi connectivity index (χ1n) is 6.10. The third-order valence-electron chi connectivity index (χ3n) is 3.30. The minimum Gasteiger partial charge on any atom is -0.327 e. The highest BCUT2D eigenvalue weighted by Gasteiger charge is 2.12. The molecule has 0 bridgehead atoms. The van der Waals surface area contributed by atoms with Crippen molar-refractivity contribution in [1.29, 1.82) is 10.5 Å². The van der Waals surface area contributed by atoms with E-state index in [2.05, 4.69) is 17.1 Å². The van der Waals surface area contributed by atoms with Crippen molar-refractivity contribution in [2.24, 2.45) is 7.05 Å². The van der Waals surface area contributed by atoms with Gasteiger partial charge < -0.3 is 4.57 Å². The van der Waals surface area contributed by atoms with Crippen LogP contribution >= 0.6 is 0 Å². The van der Waals surface area contributed by atoms with Gasteiger partial charge in [-0.1, -0.05) is 6.07 Å². The highest BCUT2D eigenvalue weighted by molar-refractivity contribution is 5.85. The predicted molar refractivity (Wildman–Crippen MR) is 75.6 cm³/mol. The van der Waals surface area contributed by atoms with Crippen molar-refractivity contribution < 1.29 is 0 Å². The summed E-state index contributed by atoms with van der Waals surface area (Å²) in [4.78, 5) is 4.57. The number of benzene rings is 2. The highest BCUT2D eigenvalue weighted by Crippen LogP contribution is 2.25. The number of aryl methyl sites for hydroxylation is 1. The molecule has 4 nitrogen and oxygen atoms in total. The molecule has 0 aliphatic carbocycles. The van der Waals surface area contributed by atoms with Crippen LogP contribution in [0.1, 0.15) is 11.1 Å². The first kappa shape index (κ1) is 12.0. The summed E-state index contributed by atoms with van der Waals surface area (Å²) in [5.41, 5.74) is 3.73. The lowest BCUT2D eigenvalue weighted by Gasteiger charge is -2.02. The van der Waals surface area contributed by atoms with Gasteiger partial charge in [-0.15, -0.1) is 0 Å². The van der Waals surface area contributed by atoms with Crippen LogP contribution in [0, 0.1) is 22.7 Å². The summed E-state index contributed by atoms with van der Waals surface area (Å²) in [6.07, 6.45) is 0. The molecule has 0 spiro atoms. The number of hydrogen-bond donors (Lipinski definition) is 0. The Labute approximate surface area is 116 Å². The molecule has 1 heterocycles. The van der Waals surface area contributed by atoms with Gasteiger partial charge in [0, 0.05) is 12.6 Å². The molecular formula is C16H10N4. The molecule has 1 aromatic heterocycles. The molecule has 0 atom stereocenters. The fraction of sp³-hybridized carbons (Fsp3) is 0.0625. The third kappa shape index (κ3) is 1.72. The van der Waals surface area contributed by atoms with Crippen LogP contribution in [0.25, 0.3) is 22.4 Å². The number of imidazole rings is 1. The van der Waals surface area contributed by atoms with Crippen LogP contribution in [0.4, 0.5) is 0 Å². The molecule has 20 heavy (non-hydrogen) atoms. The van der Waals surface area contributed by atoms with Gasteiger partial charge in [0.25, 0.3) is 0 Å². The molecule has 0 aliphatic rings. The maximum absolute atomic E-state index is 9.14. The first-order valence-corrected chi connectivity index (χ1v) is 6.10. The zero-order chi connectivity index (χ0) is 14.1. The minimum atomic E-state index is 0.568. The van der Waals surface area contributed by atoms with Gasteiger partial charge in [0.15, 0.2) is 0 Å². The first-order chi connectivity index (χ1) is 9.74. The van der Waals surface area contributed by atoms with Gasteiger partial charge in [-0.25, -0.2) is 4.98 Å². The number of nitrogens with zero attached hydrogens (tertiary/aromatic N) is 4. The molecule has 0 amide bonds. The summed E-state index contributed by atoms with van der Waals surface area (Å²) in [6, 6.07) is 17.1. The normalized spacial score (nSPS) is 10.2. The molecule has 0 radical (unpaired) electrons. The van der Waals surface area contributed by atoms with Gasteiger partial charge in [0.1, 0.15) is 17.4 Å². The standard InChI is InChI=1S/C16H10N4/c1-20-14-4-2-3-13(10-18)15(14)19-16(20)12-7-5-11(9-17)6-8-12/h2-8H,1H3. The summed E-state index contributed by atoms with van der Waals surface area (Å²) in [6.45, 7) is 0. The zero-order valence-corrected chi connectivity index (χ0v) is 10.8. The maximum atomic E-state index is 9.14. The van der Waals surface area contributed by atoms with Gasteiger partial charge in [-0.05, 0) is 36.4 Å². The smallest absolute Gasteiger partial charge is 0.140 e. The molecule has 0 N–H and O–H groups in total. The second-order valence-electron chi connectivity index (χ2n) is 4.47. The van der Waals surface area contributed by atoms with E-state index in [9.17, 15) is 0 Å². The molecule has 0 saturated carbocycles. The Bertz CT molecular complexity index is 874. The van der Waals surface area contributed by atoms with E-state index in [1.54, 1.807) is 18.2 Å². The van der Waals surface area contributed by atoms with Crippen LogP contribution < -0.4 is 0 Å². The lowest BCUT2D eigenvalue weighted by Crippen LogP contribution is -1.92. The number of fused-ring (bicyclic) bond motifs is 1. The Hall–Kier alpha value is -3.11. The molecule has 0 saturated heterocycles. The van der Waals surface area contributed by atoms with E-state index in [0.29, 0.717) is 16.6 Å². The van der Waals surface area contributed by atoms with E-state index in [-0.39, 0.29) is 0 Å². The van der Waals surface area contributed by atoms with Crippen molar-refractivity contribution in [2.45, 2.75) is 0 Å². The van der Waals surface area contributed by atoms with Crippen molar-refractivity contribution in [3.63, 3.8) is 0 Å². The van der Waals surface area contributed by atoms with Crippen molar-refractivity contribution >= 4 is 11.0 Å². The molecule has 3 aromatic rings. The predicted octanol–water partition coefficient (Wildman–Crippen LogP) is 2.98. The van der Waals surface area contributed by atoms with Crippen molar-refractivity contribution in [3.8, 4) is 23.5 Å². The van der Waals surface area contributed by atoms with Gasteiger partial charge in [0.2, 0.25) is 0 Å². The Morgan fingerprint density at radius 2 is 1.75 bits per heavy atom. The number of rotatable bonds is 1. The molecule has 0 aliphatic heterocycles. The number of aromatic nitrogens is 2. The molecule has 0 unspecified atom stereocenters. The van der Waals surface area contributed by atoms with Gasteiger partial charge in [0.05, 0.1) is 22.7 Å². The fourth-order valence-electron chi connectivity index (χ4n) is 2.26. The van der Waals surface area contributed by atoms with Crippen LogP contribution in [0.3, 0.4) is 0 Å². The second-order valence-corrected chi connectivity index (χ2v) is 4.47. The summed E-state index contributed by atoms with van der Waals surface area (Å²) in [7, 11) is 1.92. The lowest BCUT2D eigenvalue weighted by atomic mass is 10.1. The van der Waals surface area contributed by atoms with Crippen LogP contribution in [0.15, 0.2) is 42.5 Å². The average molecular weight is 258 g/mol. The number of nitriles is 2. The Morgan fingerprint density at radius 1 is 1.00 bits per heavy atom. The van der Waals surface area contributed by atoms with Crippen LogP contribution in [0.2, 0.25) is 0 Å². The SMILES string of the molecule is Cn1c(-c2ccc(C#N)cc2)nc2c(C#N)cccc21. The van der Waals surface area contributed by atoms with Crippen LogP contribution in [0.5, 0.6) is 0 Å². The zero-order valence-electron chi connectivity index (χ0n) is 10.8. The van der Waals surface area contributed by atoms with Crippen molar-refractivity contribution in [3.05, 3.63) is 53.6 Å². The molecular weight excluding hydrogens is 248 g/mol. The molecule has 4 heteroatoms. The summed E-state index contributed by atoms with van der Waals surface area (Å²) in [5, 5.41) is 18.0. The summed E-state index contributed by atoms with van der Waals surface area (Å²) >= 11 is 0. The molecule has 3 rings (SSSR count). The topological polar surface area (TPSA) is 65.4 Å². The third-order valence-corrected chi connectivity index (χ3v) is 3.30. The van der Waals surface area contributed by atoms with Crippen molar-refractivity contribution in [1.82, 2.24) is 9.55 Å². The van der Waals surface area contributed by atoms with Gasteiger partial charge in [-0.2, -0.15) is 10.5 Å². The van der Waals surface area contributed by atoms with E-state index < -0.39 is 0 Å². The Kier molecular flexibility index (Phi) is 2.71. The maximum Gasteiger partial charge on any atom is 0.140 e. The monoisotopic (exact) mass is 258 g/mol. The molecule has 2 aromatic carbocycles. The van der Waals surface area contributed by atoms with Crippen molar-refractivity contribution in [2.75, 3.05) is 0 Å². The largest absolute Gasteiger partial charge is 0.327 e. The van der Waals surface area contributed by atoms with Crippen LogP contribution in [-0.2, 0) is 7.05 Å². The fourth-order valence-corrected chi connectivity index (χ4v) is 2.26. The van der Waals surface area contributed by atoms with E-state index in [0.717, 1.165) is 16.9 Å². The quantitative estimate of drug-likeness (QED) is 0.674. The summed E-state index contributed by atoms with van der Waals surface area (Å²) in [5.74, 6) is 0.784. The highest BCUT2D eigenvalue weighted by atomic mass is 15.1. The Balaban J connectivity index is 2.24. The minimum absolute atomic E-state index is 0.568. The number of hydrogen-bond acceptors (Lipinski definition) is 3. The Morgan fingerprint density at radius 3 is 2.40 bits per heavy atom. The van der Waals surface area contributed by atoms with E-state index in [1.165, 1.54) is 0 Å². The van der Waals surface area contributed by atoms with Gasteiger partial charge in [-0.3, -0.25) is 0 Å². The lowest BCUT2D eigenvalue weighted by molar-refractivity contribution is 0.959. The number of para-hydroxylation sites is 1. The van der Waals surface area contributed by atoms with Crippen LogP contribution in [-0.4, -0.2) is 9.55 Å². The van der Waals surface area contributed by atoms with E-state index in [4.69, 9.17) is 10.5 Å². The molecule has 94 valence electrons. The average Bonchev–Trinajstić information content (AvgIpc) is 2.85.